The molecule has 2 aliphatic rings. The average Bonchev–Trinajstić information content (AvgIpc) is 3.01. The lowest BCUT2D eigenvalue weighted by Crippen LogP contribution is -3.14. The number of nitro groups is 1. The van der Waals surface area contributed by atoms with E-state index in [4.69, 9.17) is 4.74 Å². The van der Waals surface area contributed by atoms with E-state index in [1.54, 1.807) is 24.3 Å². The minimum atomic E-state index is -0.479. The third kappa shape index (κ3) is 3.73. The van der Waals surface area contributed by atoms with Crippen LogP contribution >= 0.6 is 0 Å². The van der Waals surface area contributed by atoms with E-state index in [2.05, 4.69) is 6.92 Å². The van der Waals surface area contributed by atoms with Crippen LogP contribution < -0.4 is 9.64 Å². The number of hydrogen-bond acceptors (Lipinski definition) is 5. The molecule has 2 aromatic carbocycles. The van der Waals surface area contributed by atoms with Gasteiger partial charge in [-0.15, -0.1) is 0 Å². The van der Waals surface area contributed by atoms with Gasteiger partial charge in [-0.2, -0.15) is 0 Å². The Bertz CT molecular complexity index is 1010. The Morgan fingerprint density at radius 3 is 2.90 bits per heavy atom. The van der Waals surface area contributed by atoms with Gasteiger partial charge in [0.15, 0.2) is 11.5 Å². The van der Waals surface area contributed by atoms with Gasteiger partial charge >= 0.3 is 0 Å². The number of phenolic OH excluding ortho intramolecular Hbond substituents is 1. The number of benzene rings is 2. The molecule has 0 aliphatic carbocycles. The maximum atomic E-state index is 12.8. The summed E-state index contributed by atoms with van der Waals surface area (Å²) in [4.78, 5) is 24.7. The van der Waals surface area contributed by atoms with Crippen LogP contribution in [0.5, 0.6) is 11.5 Å². The molecule has 2 aliphatic heterocycles. The fourth-order valence-electron chi connectivity index (χ4n) is 4.09. The highest BCUT2D eigenvalue weighted by molar-refractivity contribution is 6.15. The zero-order chi connectivity index (χ0) is 20.5. The summed E-state index contributed by atoms with van der Waals surface area (Å²) < 4.78 is 5.88. The summed E-state index contributed by atoms with van der Waals surface area (Å²) in [6.45, 7) is 3.82. The number of rotatable bonds is 4. The van der Waals surface area contributed by atoms with E-state index >= 15 is 0 Å². The number of hydrogen-bond donors (Lipinski definition) is 2. The van der Waals surface area contributed by atoms with E-state index in [1.165, 1.54) is 29.5 Å². The van der Waals surface area contributed by atoms with Gasteiger partial charge in [0.1, 0.15) is 12.3 Å². The van der Waals surface area contributed by atoms with Crippen LogP contribution in [-0.4, -0.2) is 28.4 Å². The number of piperidine rings is 1. The second-order valence-electron chi connectivity index (χ2n) is 7.71. The minimum absolute atomic E-state index is 0.0525. The summed E-state index contributed by atoms with van der Waals surface area (Å²) in [5, 5.41) is 21.4. The quantitative estimate of drug-likeness (QED) is 0.472. The normalized spacial score (nSPS) is 22.4. The number of carbonyl (C=O) groups is 1. The van der Waals surface area contributed by atoms with Crippen LogP contribution in [0.15, 0.2) is 42.2 Å². The Hall–Kier alpha value is -3.19. The summed E-state index contributed by atoms with van der Waals surface area (Å²) in [5.74, 6) is 0.346. The van der Waals surface area contributed by atoms with Crippen molar-refractivity contribution in [2.45, 2.75) is 38.8 Å². The number of nitrogens with one attached hydrogen (secondary N) is 1. The van der Waals surface area contributed by atoms with Gasteiger partial charge in [0, 0.05) is 12.1 Å². The summed E-state index contributed by atoms with van der Waals surface area (Å²) in [7, 11) is 0. The number of nitro benzene ring substituents is 1. The highest BCUT2D eigenvalue weighted by atomic mass is 16.6. The minimum Gasteiger partial charge on any atom is -0.507 e. The van der Waals surface area contributed by atoms with E-state index in [1.807, 2.05) is 0 Å². The number of ether oxygens (including phenoxy) is 1. The monoisotopic (exact) mass is 395 g/mol. The summed E-state index contributed by atoms with van der Waals surface area (Å²) in [5.41, 5.74) is 1.51. The molecule has 4 rings (SSSR count). The lowest BCUT2D eigenvalue weighted by atomic mass is 10.0. The Balaban J connectivity index is 1.66. The molecular weight excluding hydrogens is 372 g/mol. The van der Waals surface area contributed by atoms with Crippen LogP contribution in [0.3, 0.4) is 0 Å². The van der Waals surface area contributed by atoms with Crippen molar-refractivity contribution in [3.63, 3.8) is 0 Å². The van der Waals surface area contributed by atoms with Crippen LogP contribution in [0.2, 0.25) is 0 Å². The maximum Gasteiger partial charge on any atom is 0.270 e. The van der Waals surface area contributed by atoms with Crippen molar-refractivity contribution in [1.82, 2.24) is 0 Å². The molecule has 29 heavy (non-hydrogen) atoms. The fourth-order valence-corrected chi connectivity index (χ4v) is 4.09. The number of likely N-dealkylation sites (tertiary alicyclic amines) is 1. The van der Waals surface area contributed by atoms with Crippen molar-refractivity contribution in [2.75, 3.05) is 6.54 Å². The SMILES string of the molecule is C[C@@H]1CCCC[NH+]1Cc1c(O)ccc2c1O/C(=C/c1cccc([N+](=O)[O-])c1)C2=O. The fraction of sp³-hybridized carbons (Fsp3) is 0.318. The van der Waals surface area contributed by atoms with Gasteiger partial charge in [-0.1, -0.05) is 12.1 Å². The first kappa shape index (κ1) is 19.1. The molecule has 1 fully saturated rings. The number of Topliss-reactive ketones (excluding diaryl/α,β-unsaturated/α-hetero) is 1. The van der Waals surface area contributed by atoms with Gasteiger partial charge in [-0.3, -0.25) is 14.9 Å². The Morgan fingerprint density at radius 1 is 1.31 bits per heavy atom. The standard InChI is InChI=1S/C22H22N2O5/c1-14-5-2-3-10-23(14)13-18-19(25)9-8-17-21(26)20(29-22(17)18)12-15-6-4-7-16(11-15)24(27)28/h4,6-9,11-12,14,25H,2-3,5,10,13H2,1H3/p+1/b20-12+/t14-/m1/s1. The highest BCUT2D eigenvalue weighted by Gasteiger charge is 2.33. The van der Waals surface area contributed by atoms with E-state index in [9.17, 15) is 20.0 Å². The average molecular weight is 395 g/mol. The second-order valence-corrected chi connectivity index (χ2v) is 7.71. The first-order valence-electron chi connectivity index (χ1n) is 9.82. The number of non-ortho nitro benzene ring substituents is 1. The first-order valence-corrected chi connectivity index (χ1v) is 9.82. The Labute approximate surface area is 168 Å². The van der Waals surface area contributed by atoms with Gasteiger partial charge in [-0.05, 0) is 50.0 Å². The predicted molar refractivity (Wildman–Crippen MR) is 107 cm³/mol. The molecule has 150 valence electrons. The molecule has 7 heteroatoms. The van der Waals surface area contributed by atoms with Gasteiger partial charge in [0.05, 0.1) is 28.6 Å². The summed E-state index contributed by atoms with van der Waals surface area (Å²) in [6.07, 6.45) is 5.01. The molecule has 2 atom stereocenters. The van der Waals surface area contributed by atoms with Crippen molar-refractivity contribution in [3.05, 3.63) is 69.0 Å². The number of nitrogens with zero attached hydrogens (tertiary/aromatic N) is 1. The molecular formula is C22H23N2O5+. The van der Waals surface area contributed by atoms with Crippen LogP contribution in [0, 0.1) is 10.1 Å². The van der Waals surface area contributed by atoms with Crippen LogP contribution in [0.4, 0.5) is 5.69 Å². The largest absolute Gasteiger partial charge is 0.507 e. The number of ketones is 1. The highest BCUT2D eigenvalue weighted by Crippen LogP contribution is 2.39. The van der Waals surface area contributed by atoms with Crippen molar-refractivity contribution in [1.29, 1.82) is 0 Å². The number of fused-ring (bicyclic) bond motifs is 1. The predicted octanol–water partition coefficient (Wildman–Crippen LogP) is 2.87. The molecule has 0 bridgehead atoms. The maximum absolute atomic E-state index is 12.8. The molecule has 0 saturated carbocycles. The van der Waals surface area contributed by atoms with Crippen molar-refractivity contribution in [3.8, 4) is 11.5 Å². The third-order valence-electron chi connectivity index (χ3n) is 5.78. The molecule has 1 unspecified atom stereocenters. The lowest BCUT2D eigenvalue weighted by Gasteiger charge is -2.30. The molecule has 0 amide bonds. The van der Waals surface area contributed by atoms with Crippen LogP contribution in [0.25, 0.3) is 6.08 Å². The Morgan fingerprint density at radius 2 is 2.14 bits per heavy atom. The van der Waals surface area contributed by atoms with Gasteiger partial charge < -0.3 is 14.7 Å². The van der Waals surface area contributed by atoms with E-state index in [-0.39, 0.29) is 23.0 Å². The molecule has 0 spiro atoms. The number of allylic oxidation sites excluding steroid dienone is 1. The molecule has 2 N–H and O–H groups in total. The molecule has 0 aromatic heterocycles. The van der Waals surface area contributed by atoms with Gasteiger partial charge in [0.25, 0.3) is 5.69 Å². The number of phenols is 1. The number of quaternary nitrogens is 1. The Kier molecular flexibility index (Phi) is 5.07. The number of carbonyl (C=O) groups excluding carboxylic acids is 1. The summed E-state index contributed by atoms with van der Waals surface area (Å²) in [6, 6.07) is 9.63. The van der Waals surface area contributed by atoms with Crippen molar-refractivity contribution in [2.24, 2.45) is 0 Å². The van der Waals surface area contributed by atoms with E-state index in [0.29, 0.717) is 35.0 Å². The van der Waals surface area contributed by atoms with Crippen LogP contribution in [-0.2, 0) is 6.54 Å². The van der Waals surface area contributed by atoms with Gasteiger partial charge in [0.2, 0.25) is 5.78 Å². The third-order valence-corrected chi connectivity index (χ3v) is 5.78. The lowest BCUT2D eigenvalue weighted by molar-refractivity contribution is -0.941. The van der Waals surface area contributed by atoms with Crippen molar-refractivity contribution < 1.29 is 24.5 Å². The van der Waals surface area contributed by atoms with Crippen molar-refractivity contribution >= 4 is 17.5 Å². The molecule has 7 nitrogen and oxygen atoms in total. The molecule has 2 aromatic rings. The zero-order valence-corrected chi connectivity index (χ0v) is 16.2. The first-order chi connectivity index (χ1) is 13.9. The second kappa shape index (κ2) is 7.67. The van der Waals surface area contributed by atoms with E-state index < -0.39 is 4.92 Å². The van der Waals surface area contributed by atoms with Crippen LogP contribution in [0.1, 0.15) is 47.7 Å². The molecule has 1 saturated heterocycles. The summed E-state index contributed by atoms with van der Waals surface area (Å²) >= 11 is 0. The zero-order valence-electron chi connectivity index (χ0n) is 16.2. The molecule has 0 radical (unpaired) electrons. The van der Waals surface area contributed by atoms with E-state index in [0.717, 1.165) is 19.4 Å². The van der Waals surface area contributed by atoms with Gasteiger partial charge in [-0.25, -0.2) is 0 Å². The topological polar surface area (TPSA) is 94.1 Å². The number of aromatic hydroxyl groups is 1. The smallest absolute Gasteiger partial charge is 0.270 e. The molecule has 2 heterocycles.